The number of nitrogen functional groups attached to an aromatic ring is 1. The first-order valence-corrected chi connectivity index (χ1v) is 6.20. The Kier molecular flexibility index (Phi) is 3.66. The van der Waals surface area contributed by atoms with Crippen molar-refractivity contribution in [3.8, 4) is 0 Å². The zero-order chi connectivity index (χ0) is 11.5. The molecule has 1 aliphatic carbocycles. The molecule has 1 heterocycles. The van der Waals surface area contributed by atoms with Gasteiger partial charge in [0.1, 0.15) is 0 Å². The summed E-state index contributed by atoms with van der Waals surface area (Å²) < 4.78 is 6.34. The molecule has 1 aromatic rings. The second-order valence-corrected chi connectivity index (χ2v) is 4.90. The summed E-state index contributed by atoms with van der Waals surface area (Å²) in [7, 11) is 1.76. The summed E-state index contributed by atoms with van der Waals surface area (Å²) in [6, 6.07) is 0.339. The Balaban J connectivity index is 2.14. The van der Waals surface area contributed by atoms with E-state index in [0.717, 1.165) is 23.0 Å². The molecule has 0 aliphatic heterocycles. The number of hydrogen-bond donors (Lipinski definition) is 2. The summed E-state index contributed by atoms with van der Waals surface area (Å²) in [5.74, 6) is 0. The smallest absolute Gasteiger partial charge is 0.0772 e. The van der Waals surface area contributed by atoms with Crippen molar-refractivity contribution in [3.63, 3.8) is 0 Å². The van der Waals surface area contributed by atoms with Gasteiger partial charge in [-0.05, 0) is 35.2 Å². The monoisotopic (exact) mass is 285 g/mol. The van der Waals surface area contributed by atoms with Crippen LogP contribution in [0.1, 0.15) is 19.3 Å². The van der Waals surface area contributed by atoms with Crippen molar-refractivity contribution in [1.82, 2.24) is 4.98 Å². The highest BCUT2D eigenvalue weighted by Crippen LogP contribution is 2.31. The van der Waals surface area contributed by atoms with Crippen LogP contribution in [0.5, 0.6) is 0 Å². The van der Waals surface area contributed by atoms with Crippen molar-refractivity contribution < 1.29 is 4.74 Å². The molecule has 3 N–H and O–H groups in total. The van der Waals surface area contributed by atoms with Crippen LogP contribution in [0.3, 0.4) is 0 Å². The average molecular weight is 286 g/mol. The summed E-state index contributed by atoms with van der Waals surface area (Å²) >= 11 is 3.45. The molecule has 1 aliphatic rings. The Morgan fingerprint density at radius 3 is 3.00 bits per heavy atom. The molecule has 2 rings (SSSR count). The summed E-state index contributed by atoms with van der Waals surface area (Å²) in [4.78, 5) is 4.02. The minimum atomic E-state index is 0.277. The zero-order valence-corrected chi connectivity index (χ0v) is 10.8. The summed E-state index contributed by atoms with van der Waals surface area (Å²) in [6.07, 6.45) is 7.10. The lowest BCUT2D eigenvalue weighted by Gasteiger charge is -2.22. The zero-order valence-electron chi connectivity index (χ0n) is 9.24. The highest BCUT2D eigenvalue weighted by Gasteiger charge is 2.27. The van der Waals surface area contributed by atoms with Crippen molar-refractivity contribution in [3.05, 3.63) is 16.9 Å². The largest absolute Gasteiger partial charge is 0.396 e. The highest BCUT2D eigenvalue weighted by molar-refractivity contribution is 9.10. The molecule has 4 nitrogen and oxygen atoms in total. The molecule has 1 aromatic heterocycles. The Bertz CT molecular complexity index is 352. The Morgan fingerprint density at radius 2 is 2.31 bits per heavy atom. The van der Waals surface area contributed by atoms with Gasteiger partial charge < -0.3 is 15.8 Å². The quantitative estimate of drug-likeness (QED) is 0.895. The molecule has 2 unspecified atom stereocenters. The molecule has 0 aromatic carbocycles. The van der Waals surface area contributed by atoms with E-state index in [1.165, 1.54) is 6.42 Å². The molecule has 1 fully saturated rings. The van der Waals surface area contributed by atoms with E-state index in [1.54, 1.807) is 19.5 Å². The average Bonchev–Trinajstić information content (AvgIpc) is 2.71. The van der Waals surface area contributed by atoms with E-state index >= 15 is 0 Å². The molecule has 0 amide bonds. The van der Waals surface area contributed by atoms with Gasteiger partial charge in [0.15, 0.2) is 0 Å². The number of nitrogens with two attached hydrogens (primary N) is 1. The van der Waals surface area contributed by atoms with E-state index in [-0.39, 0.29) is 6.10 Å². The van der Waals surface area contributed by atoms with Gasteiger partial charge in [0.05, 0.1) is 34.2 Å². The standard InChI is InChI=1S/C11H16BrN3O/c1-16-10-4-2-3-9(10)15-11-7(12)5-14-6-8(11)13/h5-6,9-10H,2-4,13H2,1H3,(H,14,15). The lowest BCUT2D eigenvalue weighted by Crippen LogP contribution is -2.30. The Morgan fingerprint density at radius 1 is 1.50 bits per heavy atom. The number of methoxy groups -OCH3 is 1. The number of ether oxygens (including phenoxy) is 1. The van der Waals surface area contributed by atoms with Crippen LogP contribution >= 0.6 is 15.9 Å². The lowest BCUT2D eigenvalue weighted by molar-refractivity contribution is 0.101. The van der Waals surface area contributed by atoms with Crippen LogP contribution in [0, 0.1) is 0 Å². The molecule has 1 saturated carbocycles. The first-order chi connectivity index (χ1) is 7.72. The van der Waals surface area contributed by atoms with Crippen LogP contribution in [-0.2, 0) is 4.74 Å². The highest BCUT2D eigenvalue weighted by atomic mass is 79.9. The van der Waals surface area contributed by atoms with Crippen LogP contribution in [0.2, 0.25) is 0 Å². The van der Waals surface area contributed by atoms with Crippen LogP contribution in [0.15, 0.2) is 16.9 Å². The fourth-order valence-corrected chi connectivity index (χ4v) is 2.62. The van der Waals surface area contributed by atoms with Crippen LogP contribution in [0.25, 0.3) is 0 Å². The van der Waals surface area contributed by atoms with Crippen molar-refractivity contribution in [1.29, 1.82) is 0 Å². The Hall–Kier alpha value is -0.810. The van der Waals surface area contributed by atoms with Gasteiger partial charge in [0, 0.05) is 13.3 Å². The van der Waals surface area contributed by atoms with Gasteiger partial charge in [-0.15, -0.1) is 0 Å². The maximum absolute atomic E-state index is 5.89. The number of hydrogen-bond acceptors (Lipinski definition) is 4. The number of rotatable bonds is 3. The number of anilines is 2. The summed E-state index contributed by atoms with van der Waals surface area (Å²) in [5, 5.41) is 3.44. The molecule has 0 saturated heterocycles. The van der Waals surface area contributed by atoms with Gasteiger partial charge in [0.2, 0.25) is 0 Å². The minimum Gasteiger partial charge on any atom is -0.396 e. The fraction of sp³-hybridized carbons (Fsp3) is 0.545. The molecule has 88 valence electrons. The van der Waals surface area contributed by atoms with E-state index in [1.807, 2.05) is 0 Å². The molecule has 0 bridgehead atoms. The second kappa shape index (κ2) is 5.01. The van der Waals surface area contributed by atoms with E-state index in [2.05, 4.69) is 26.2 Å². The topological polar surface area (TPSA) is 60.2 Å². The van der Waals surface area contributed by atoms with Crippen molar-refractivity contribution >= 4 is 27.3 Å². The molecule has 2 atom stereocenters. The Labute approximate surface area is 104 Å². The first kappa shape index (κ1) is 11.7. The number of nitrogens with one attached hydrogen (secondary N) is 1. The maximum atomic E-state index is 5.89. The van der Waals surface area contributed by atoms with Gasteiger partial charge in [-0.1, -0.05) is 0 Å². The fourth-order valence-electron chi connectivity index (χ4n) is 2.16. The van der Waals surface area contributed by atoms with E-state index in [9.17, 15) is 0 Å². The number of pyridine rings is 1. The van der Waals surface area contributed by atoms with Crippen LogP contribution < -0.4 is 11.1 Å². The molecule has 0 radical (unpaired) electrons. The second-order valence-electron chi connectivity index (χ2n) is 4.04. The van der Waals surface area contributed by atoms with E-state index in [4.69, 9.17) is 10.5 Å². The van der Waals surface area contributed by atoms with E-state index < -0.39 is 0 Å². The van der Waals surface area contributed by atoms with Crippen LogP contribution in [0.4, 0.5) is 11.4 Å². The SMILES string of the molecule is COC1CCCC1Nc1c(N)cncc1Br. The molecule has 0 spiro atoms. The van der Waals surface area contributed by atoms with Gasteiger partial charge in [-0.25, -0.2) is 0 Å². The third kappa shape index (κ3) is 2.30. The van der Waals surface area contributed by atoms with Gasteiger partial charge >= 0.3 is 0 Å². The number of aromatic nitrogens is 1. The third-order valence-electron chi connectivity index (χ3n) is 3.01. The van der Waals surface area contributed by atoms with Gasteiger partial charge in [-0.2, -0.15) is 0 Å². The number of halogens is 1. The normalized spacial score (nSPS) is 24.6. The van der Waals surface area contributed by atoms with Crippen LogP contribution in [-0.4, -0.2) is 24.2 Å². The van der Waals surface area contributed by atoms with Crippen molar-refractivity contribution in [2.24, 2.45) is 0 Å². The number of nitrogens with zero attached hydrogens (tertiary/aromatic N) is 1. The first-order valence-electron chi connectivity index (χ1n) is 5.40. The summed E-state index contributed by atoms with van der Waals surface area (Å²) in [6.45, 7) is 0. The molecular formula is C11H16BrN3O. The van der Waals surface area contributed by atoms with Gasteiger partial charge in [0.25, 0.3) is 0 Å². The summed E-state index contributed by atoms with van der Waals surface area (Å²) in [5.41, 5.74) is 7.47. The minimum absolute atomic E-state index is 0.277. The molecular weight excluding hydrogens is 270 g/mol. The van der Waals surface area contributed by atoms with Gasteiger partial charge in [-0.3, -0.25) is 4.98 Å². The van der Waals surface area contributed by atoms with Crippen molar-refractivity contribution in [2.45, 2.75) is 31.4 Å². The predicted octanol–water partition coefficient (Wildman–Crippen LogP) is 2.41. The lowest BCUT2D eigenvalue weighted by atomic mass is 10.2. The van der Waals surface area contributed by atoms with Crippen molar-refractivity contribution in [2.75, 3.05) is 18.2 Å². The predicted molar refractivity (Wildman–Crippen MR) is 68.4 cm³/mol. The molecule has 5 heteroatoms. The third-order valence-corrected chi connectivity index (χ3v) is 3.62. The maximum Gasteiger partial charge on any atom is 0.0772 e. The van der Waals surface area contributed by atoms with E-state index in [0.29, 0.717) is 11.7 Å². The molecule has 16 heavy (non-hydrogen) atoms.